The van der Waals surface area contributed by atoms with Gasteiger partial charge in [0.2, 0.25) is 17.7 Å². The quantitative estimate of drug-likeness (QED) is 0.667. The van der Waals surface area contributed by atoms with Crippen LogP contribution in [0.2, 0.25) is 0 Å². The number of hydrogen-bond donors (Lipinski definition) is 1. The third-order valence-corrected chi connectivity index (χ3v) is 6.09. The van der Waals surface area contributed by atoms with E-state index < -0.39 is 0 Å². The van der Waals surface area contributed by atoms with Crippen molar-refractivity contribution >= 4 is 17.5 Å². The molecule has 1 fully saturated rings. The number of hydrogen-bond acceptors (Lipinski definition) is 5. The molecule has 4 rings (SSSR count). The minimum absolute atomic E-state index is 0.0768. The van der Waals surface area contributed by atoms with Gasteiger partial charge < -0.3 is 19.9 Å². The topological polar surface area (TPSA) is 74.8 Å². The molecule has 2 amide bonds. The normalized spacial score (nSPS) is 16.2. The lowest BCUT2D eigenvalue weighted by Gasteiger charge is -2.21. The number of likely N-dealkylation sites (tertiary alicyclic amines) is 1. The molecule has 0 bridgehead atoms. The predicted molar refractivity (Wildman–Crippen MR) is 124 cm³/mol. The van der Waals surface area contributed by atoms with Crippen molar-refractivity contribution in [3.8, 4) is 11.6 Å². The van der Waals surface area contributed by atoms with E-state index in [-0.39, 0.29) is 24.7 Å². The standard InChI is InChI=1S/C25H32N4O3/c30-23(26-15-8-18-28-16-5-1-2-6-17-28)12-13-24(31)29-19-20-9-3-4-11-22(20)32-25-21(29)10-7-14-27-25/h3-4,7,9-11,14H,1-2,5-6,8,12-13,15-19H2,(H,26,30). The monoisotopic (exact) mass is 436 g/mol. The molecule has 2 aliphatic rings. The predicted octanol–water partition coefficient (Wildman–Crippen LogP) is 3.88. The lowest BCUT2D eigenvalue weighted by Crippen LogP contribution is -2.33. The molecule has 2 aromatic rings. The summed E-state index contributed by atoms with van der Waals surface area (Å²) < 4.78 is 5.94. The molecule has 3 heterocycles. The van der Waals surface area contributed by atoms with Crippen molar-refractivity contribution in [1.82, 2.24) is 15.2 Å². The minimum Gasteiger partial charge on any atom is -0.437 e. The Kier molecular flexibility index (Phi) is 7.72. The summed E-state index contributed by atoms with van der Waals surface area (Å²) in [5, 5.41) is 2.97. The average Bonchev–Trinajstić information content (AvgIpc) is 3.17. The first-order valence-electron chi connectivity index (χ1n) is 11.7. The fourth-order valence-corrected chi connectivity index (χ4v) is 4.32. The number of carbonyl (C=O) groups is 2. The average molecular weight is 437 g/mol. The van der Waals surface area contributed by atoms with Crippen LogP contribution in [-0.4, -0.2) is 47.9 Å². The van der Waals surface area contributed by atoms with Gasteiger partial charge in [-0.2, -0.15) is 0 Å². The fraction of sp³-hybridized carbons (Fsp3) is 0.480. The van der Waals surface area contributed by atoms with Gasteiger partial charge in [0.15, 0.2) is 0 Å². The highest BCUT2D eigenvalue weighted by molar-refractivity contribution is 5.96. The summed E-state index contributed by atoms with van der Waals surface area (Å²) >= 11 is 0. The molecule has 0 saturated carbocycles. The van der Waals surface area contributed by atoms with Gasteiger partial charge in [-0.15, -0.1) is 0 Å². The largest absolute Gasteiger partial charge is 0.437 e. The van der Waals surface area contributed by atoms with Crippen LogP contribution in [0.5, 0.6) is 11.6 Å². The molecule has 32 heavy (non-hydrogen) atoms. The number of benzene rings is 1. The maximum atomic E-state index is 13.1. The van der Waals surface area contributed by atoms with Gasteiger partial charge in [0.1, 0.15) is 11.4 Å². The van der Waals surface area contributed by atoms with Crippen LogP contribution >= 0.6 is 0 Å². The van der Waals surface area contributed by atoms with Crippen LogP contribution in [0, 0.1) is 0 Å². The Balaban J connectivity index is 1.27. The molecule has 1 aromatic carbocycles. The first-order valence-corrected chi connectivity index (χ1v) is 11.7. The van der Waals surface area contributed by atoms with Crippen molar-refractivity contribution in [1.29, 1.82) is 0 Å². The van der Waals surface area contributed by atoms with E-state index in [9.17, 15) is 9.59 Å². The molecule has 0 aliphatic carbocycles. The van der Waals surface area contributed by atoms with Crippen LogP contribution in [0.25, 0.3) is 0 Å². The maximum Gasteiger partial charge on any atom is 0.243 e. The Bertz CT molecular complexity index is 925. The molecule has 1 aromatic heterocycles. The summed E-state index contributed by atoms with van der Waals surface area (Å²) in [7, 11) is 0. The van der Waals surface area contributed by atoms with E-state index in [1.807, 2.05) is 30.3 Å². The van der Waals surface area contributed by atoms with E-state index in [0.717, 1.165) is 18.5 Å². The smallest absolute Gasteiger partial charge is 0.243 e. The zero-order valence-corrected chi connectivity index (χ0v) is 18.6. The Morgan fingerprint density at radius 3 is 2.66 bits per heavy atom. The molecule has 1 saturated heterocycles. The van der Waals surface area contributed by atoms with Crippen LogP contribution in [0.4, 0.5) is 5.69 Å². The van der Waals surface area contributed by atoms with E-state index in [4.69, 9.17) is 4.74 Å². The van der Waals surface area contributed by atoms with E-state index in [2.05, 4.69) is 15.2 Å². The molecule has 7 heteroatoms. The number of ether oxygens (including phenoxy) is 1. The second kappa shape index (κ2) is 11.1. The van der Waals surface area contributed by atoms with Gasteiger partial charge in [0, 0.05) is 31.1 Å². The maximum absolute atomic E-state index is 13.1. The van der Waals surface area contributed by atoms with Crippen molar-refractivity contribution in [3.63, 3.8) is 0 Å². The van der Waals surface area contributed by atoms with E-state index >= 15 is 0 Å². The molecule has 170 valence electrons. The van der Waals surface area contributed by atoms with Gasteiger partial charge >= 0.3 is 0 Å². The van der Waals surface area contributed by atoms with Crippen molar-refractivity contribution in [2.45, 2.75) is 51.5 Å². The highest BCUT2D eigenvalue weighted by Gasteiger charge is 2.26. The minimum atomic E-state index is -0.112. The molecule has 2 aliphatic heterocycles. The Hall–Kier alpha value is -2.93. The summed E-state index contributed by atoms with van der Waals surface area (Å²) in [5.41, 5.74) is 1.54. The van der Waals surface area contributed by atoms with Crippen molar-refractivity contribution < 1.29 is 14.3 Å². The molecule has 1 N–H and O–H groups in total. The second-order valence-electron chi connectivity index (χ2n) is 8.48. The van der Waals surface area contributed by atoms with Gasteiger partial charge in [-0.3, -0.25) is 9.59 Å². The summed E-state index contributed by atoms with van der Waals surface area (Å²) in [6.45, 7) is 4.41. The van der Waals surface area contributed by atoms with Crippen LogP contribution in [0.15, 0.2) is 42.6 Å². The van der Waals surface area contributed by atoms with Gasteiger partial charge in [-0.05, 0) is 57.1 Å². The number of nitrogens with zero attached hydrogens (tertiary/aromatic N) is 3. The molecule has 0 atom stereocenters. The first kappa shape index (κ1) is 22.3. The summed E-state index contributed by atoms with van der Waals surface area (Å²) in [6, 6.07) is 11.3. The van der Waals surface area contributed by atoms with Crippen molar-refractivity contribution in [2.24, 2.45) is 0 Å². The van der Waals surface area contributed by atoms with E-state index in [1.165, 1.54) is 38.8 Å². The van der Waals surface area contributed by atoms with Crippen molar-refractivity contribution in [3.05, 3.63) is 48.2 Å². The number of fused-ring (bicyclic) bond motifs is 2. The van der Waals surface area contributed by atoms with E-state index in [0.29, 0.717) is 30.4 Å². The summed E-state index contributed by atoms with van der Waals surface area (Å²) in [4.78, 5) is 33.8. The molecule has 7 nitrogen and oxygen atoms in total. The fourth-order valence-electron chi connectivity index (χ4n) is 4.32. The van der Waals surface area contributed by atoms with Crippen LogP contribution in [0.3, 0.4) is 0 Å². The number of rotatable bonds is 7. The van der Waals surface area contributed by atoms with Gasteiger partial charge in [-0.1, -0.05) is 31.0 Å². The van der Waals surface area contributed by atoms with Gasteiger partial charge in [0.05, 0.1) is 6.54 Å². The lowest BCUT2D eigenvalue weighted by atomic mass is 10.1. The number of aromatic nitrogens is 1. The number of carbonyl (C=O) groups excluding carboxylic acids is 2. The molecule has 0 spiro atoms. The highest BCUT2D eigenvalue weighted by atomic mass is 16.5. The SMILES string of the molecule is O=C(CCC(=O)N1Cc2ccccc2Oc2ncccc21)NCCCN1CCCCCC1. The highest BCUT2D eigenvalue weighted by Crippen LogP contribution is 2.37. The molecule has 0 radical (unpaired) electrons. The summed E-state index contributed by atoms with van der Waals surface area (Å²) in [6.07, 6.45) is 8.13. The summed E-state index contributed by atoms with van der Waals surface area (Å²) in [5.74, 6) is 0.917. The third-order valence-electron chi connectivity index (χ3n) is 6.09. The first-order chi connectivity index (χ1) is 15.7. The number of amides is 2. The number of anilines is 1. The Labute approximate surface area is 189 Å². The van der Waals surface area contributed by atoms with Crippen LogP contribution < -0.4 is 15.0 Å². The van der Waals surface area contributed by atoms with Crippen LogP contribution in [-0.2, 0) is 16.1 Å². The second-order valence-corrected chi connectivity index (χ2v) is 8.48. The van der Waals surface area contributed by atoms with Crippen molar-refractivity contribution in [2.75, 3.05) is 31.1 Å². The number of pyridine rings is 1. The number of nitrogens with one attached hydrogen (secondary N) is 1. The van der Waals surface area contributed by atoms with E-state index in [1.54, 1.807) is 17.2 Å². The molecule has 0 unspecified atom stereocenters. The van der Waals surface area contributed by atoms with Gasteiger partial charge in [0.25, 0.3) is 0 Å². The lowest BCUT2D eigenvalue weighted by molar-refractivity contribution is -0.125. The molecular formula is C25H32N4O3. The number of para-hydroxylation sites is 1. The Morgan fingerprint density at radius 2 is 1.81 bits per heavy atom. The van der Waals surface area contributed by atoms with Crippen LogP contribution in [0.1, 0.15) is 50.5 Å². The third kappa shape index (κ3) is 5.85. The Morgan fingerprint density at radius 1 is 1.00 bits per heavy atom. The zero-order valence-electron chi connectivity index (χ0n) is 18.6. The molecular weight excluding hydrogens is 404 g/mol. The van der Waals surface area contributed by atoms with Gasteiger partial charge in [-0.25, -0.2) is 4.98 Å². The zero-order chi connectivity index (χ0) is 22.2.